The summed E-state index contributed by atoms with van der Waals surface area (Å²) in [6, 6.07) is 12.7. The molecule has 1 unspecified atom stereocenters. The molecule has 9 heteroatoms. The predicted molar refractivity (Wildman–Crippen MR) is 87.6 cm³/mol. The number of aromatic nitrogens is 4. The molecule has 1 aliphatic rings. The van der Waals surface area contributed by atoms with E-state index in [0.717, 1.165) is 0 Å². The van der Waals surface area contributed by atoms with E-state index < -0.39 is 16.1 Å². The zero-order valence-electron chi connectivity index (χ0n) is 12.9. The van der Waals surface area contributed by atoms with Gasteiger partial charge >= 0.3 is 0 Å². The molecule has 25 heavy (non-hydrogen) atoms. The van der Waals surface area contributed by atoms with Gasteiger partial charge in [0.25, 0.3) is 0 Å². The van der Waals surface area contributed by atoms with Crippen molar-refractivity contribution in [2.75, 3.05) is 0 Å². The Kier molecular flexibility index (Phi) is 3.66. The third kappa shape index (κ3) is 2.83. The number of nitrogens with one attached hydrogen (secondary N) is 1. The average molecular weight is 355 g/mol. The fraction of sp³-hybridized carbons (Fsp3) is 0.125. The summed E-state index contributed by atoms with van der Waals surface area (Å²) >= 11 is 0. The van der Waals surface area contributed by atoms with Gasteiger partial charge in [-0.2, -0.15) is 0 Å². The monoisotopic (exact) mass is 355 g/mol. The van der Waals surface area contributed by atoms with Gasteiger partial charge in [-0.05, 0) is 34.2 Å². The van der Waals surface area contributed by atoms with Crippen LogP contribution >= 0.6 is 0 Å². The molecule has 0 amide bonds. The highest BCUT2D eigenvalue weighted by atomic mass is 32.2. The van der Waals surface area contributed by atoms with Crippen LogP contribution in [-0.4, -0.2) is 34.4 Å². The Hall–Kier alpha value is -2.91. The number of fused-ring (bicyclic) bond motifs is 1. The maximum Gasteiger partial charge on any atom is 0.241 e. The fourth-order valence-electron chi connectivity index (χ4n) is 2.89. The number of rotatable bonds is 4. The van der Waals surface area contributed by atoms with Crippen LogP contribution in [0, 0.1) is 0 Å². The van der Waals surface area contributed by atoms with Crippen molar-refractivity contribution < 1.29 is 13.2 Å². The lowest BCUT2D eigenvalue weighted by molar-refractivity contribution is 0.0988. The molecule has 0 spiro atoms. The number of benzene rings is 2. The Labute approximate surface area is 143 Å². The molecule has 0 radical (unpaired) electrons. The van der Waals surface area contributed by atoms with Crippen molar-refractivity contribution >= 4 is 15.8 Å². The van der Waals surface area contributed by atoms with Crippen molar-refractivity contribution in [1.82, 2.24) is 24.9 Å². The lowest BCUT2D eigenvalue weighted by Crippen LogP contribution is -2.27. The van der Waals surface area contributed by atoms with E-state index in [0.29, 0.717) is 16.8 Å². The first-order valence-electron chi connectivity index (χ1n) is 7.52. The molecule has 1 heterocycles. The number of tetrazole rings is 1. The molecule has 0 aliphatic heterocycles. The van der Waals surface area contributed by atoms with Gasteiger partial charge in [0.05, 0.1) is 16.6 Å². The summed E-state index contributed by atoms with van der Waals surface area (Å²) in [7, 11) is -3.81. The summed E-state index contributed by atoms with van der Waals surface area (Å²) in [5.74, 6) is -0.0641. The van der Waals surface area contributed by atoms with Crippen LogP contribution in [0.4, 0.5) is 0 Å². The van der Waals surface area contributed by atoms with E-state index >= 15 is 0 Å². The quantitative estimate of drug-likeness (QED) is 0.755. The highest BCUT2D eigenvalue weighted by Gasteiger charge is 2.32. The van der Waals surface area contributed by atoms with E-state index in [1.54, 1.807) is 36.4 Å². The van der Waals surface area contributed by atoms with Gasteiger partial charge in [0.15, 0.2) is 5.78 Å². The van der Waals surface area contributed by atoms with Crippen LogP contribution in [0.1, 0.15) is 28.4 Å². The van der Waals surface area contributed by atoms with E-state index in [-0.39, 0.29) is 17.1 Å². The zero-order valence-corrected chi connectivity index (χ0v) is 13.7. The first-order valence-corrected chi connectivity index (χ1v) is 9.01. The molecule has 4 rings (SSSR count). The maximum atomic E-state index is 12.7. The molecule has 3 aromatic rings. The summed E-state index contributed by atoms with van der Waals surface area (Å²) in [5.41, 5.74) is 1.79. The second kappa shape index (κ2) is 5.87. The number of nitrogens with zero attached hydrogens (tertiary/aromatic N) is 4. The largest absolute Gasteiger partial charge is 0.294 e. The van der Waals surface area contributed by atoms with Crippen molar-refractivity contribution in [3.8, 4) is 5.69 Å². The van der Waals surface area contributed by atoms with Crippen molar-refractivity contribution in [3.63, 3.8) is 0 Å². The number of carbonyl (C=O) groups excluding carboxylic acids is 1. The number of sulfonamides is 1. The highest BCUT2D eigenvalue weighted by Crippen LogP contribution is 2.32. The molecule has 126 valence electrons. The Balaban J connectivity index is 1.65. The summed E-state index contributed by atoms with van der Waals surface area (Å²) < 4.78 is 29.5. The van der Waals surface area contributed by atoms with Gasteiger partial charge in [-0.25, -0.2) is 17.8 Å². The molecule has 2 aromatic carbocycles. The van der Waals surface area contributed by atoms with Crippen molar-refractivity contribution in [2.45, 2.75) is 17.4 Å². The number of carbonyl (C=O) groups is 1. The number of Topliss-reactive ketones (excluding diaryl/α,β-unsaturated/α-hetero) is 1. The van der Waals surface area contributed by atoms with Crippen LogP contribution in [0.25, 0.3) is 5.69 Å². The molecule has 1 atom stereocenters. The molecular weight excluding hydrogens is 342 g/mol. The Morgan fingerprint density at radius 1 is 1.12 bits per heavy atom. The summed E-state index contributed by atoms with van der Waals surface area (Å²) in [6.45, 7) is 0. The maximum absolute atomic E-state index is 12.7. The Morgan fingerprint density at radius 2 is 1.96 bits per heavy atom. The standard InChI is InChI=1S/C16H13N5O3S/c22-16-9-15(13-6-1-2-7-14(13)16)18-25(23,24)12-5-3-4-11(8-12)21-10-17-19-20-21/h1-8,10,15,18H,9H2. The van der Waals surface area contributed by atoms with E-state index in [1.165, 1.54) is 23.1 Å². The van der Waals surface area contributed by atoms with Crippen LogP contribution in [0.15, 0.2) is 59.8 Å². The normalized spacial score (nSPS) is 16.8. The van der Waals surface area contributed by atoms with E-state index in [9.17, 15) is 13.2 Å². The number of ketones is 1. The lowest BCUT2D eigenvalue weighted by atomic mass is 10.1. The fourth-order valence-corrected chi connectivity index (χ4v) is 4.15. The molecule has 8 nitrogen and oxygen atoms in total. The molecule has 0 fully saturated rings. The minimum Gasteiger partial charge on any atom is -0.294 e. The molecule has 0 saturated carbocycles. The highest BCUT2D eigenvalue weighted by molar-refractivity contribution is 7.89. The molecule has 0 bridgehead atoms. The van der Waals surface area contributed by atoms with Gasteiger partial charge in [0.2, 0.25) is 10.0 Å². The van der Waals surface area contributed by atoms with Crippen LogP contribution in [-0.2, 0) is 10.0 Å². The minimum atomic E-state index is -3.81. The zero-order chi connectivity index (χ0) is 17.4. The van der Waals surface area contributed by atoms with Crippen molar-refractivity contribution in [3.05, 3.63) is 66.0 Å². The first kappa shape index (κ1) is 15.6. The van der Waals surface area contributed by atoms with Crippen LogP contribution in [0.5, 0.6) is 0 Å². The molecule has 1 N–H and O–H groups in total. The van der Waals surface area contributed by atoms with Gasteiger partial charge in [-0.1, -0.05) is 30.3 Å². The molecule has 1 aliphatic carbocycles. The van der Waals surface area contributed by atoms with E-state index in [1.807, 2.05) is 0 Å². The van der Waals surface area contributed by atoms with Crippen molar-refractivity contribution in [2.24, 2.45) is 0 Å². The summed E-state index contributed by atoms with van der Waals surface area (Å²) in [6.07, 6.45) is 1.50. The third-order valence-electron chi connectivity index (χ3n) is 4.07. The van der Waals surface area contributed by atoms with Gasteiger partial charge in [-0.15, -0.1) is 5.10 Å². The third-order valence-corrected chi connectivity index (χ3v) is 5.53. The molecule has 0 saturated heterocycles. The predicted octanol–water partition coefficient (Wildman–Crippen LogP) is 1.27. The minimum absolute atomic E-state index is 0.0641. The van der Waals surface area contributed by atoms with Gasteiger partial charge in [0, 0.05) is 12.0 Å². The topological polar surface area (TPSA) is 107 Å². The summed E-state index contributed by atoms with van der Waals surface area (Å²) in [4.78, 5) is 12.1. The first-order chi connectivity index (χ1) is 12.0. The average Bonchev–Trinajstić information content (AvgIpc) is 3.25. The van der Waals surface area contributed by atoms with E-state index in [2.05, 4.69) is 20.2 Å². The second-order valence-electron chi connectivity index (χ2n) is 5.64. The number of hydrogen-bond acceptors (Lipinski definition) is 6. The van der Waals surface area contributed by atoms with Gasteiger partial charge < -0.3 is 0 Å². The Bertz CT molecular complexity index is 1050. The lowest BCUT2D eigenvalue weighted by Gasteiger charge is -2.14. The molecule has 1 aromatic heterocycles. The SMILES string of the molecule is O=C1CC(NS(=O)(=O)c2cccc(-n3cnnn3)c2)c2ccccc21. The second-order valence-corrected chi connectivity index (χ2v) is 7.35. The summed E-state index contributed by atoms with van der Waals surface area (Å²) in [5, 5.41) is 10.8. The van der Waals surface area contributed by atoms with Gasteiger partial charge in [-0.3, -0.25) is 4.79 Å². The number of hydrogen-bond donors (Lipinski definition) is 1. The van der Waals surface area contributed by atoms with E-state index in [4.69, 9.17) is 0 Å². The van der Waals surface area contributed by atoms with Crippen LogP contribution in [0.3, 0.4) is 0 Å². The van der Waals surface area contributed by atoms with Crippen LogP contribution < -0.4 is 4.72 Å². The van der Waals surface area contributed by atoms with Gasteiger partial charge in [0.1, 0.15) is 6.33 Å². The molecular formula is C16H13N5O3S. The Morgan fingerprint density at radius 3 is 2.76 bits per heavy atom. The van der Waals surface area contributed by atoms with Crippen LogP contribution in [0.2, 0.25) is 0 Å². The smallest absolute Gasteiger partial charge is 0.241 e. The van der Waals surface area contributed by atoms with Crippen molar-refractivity contribution in [1.29, 1.82) is 0 Å².